The van der Waals surface area contributed by atoms with Crippen molar-refractivity contribution in [3.63, 3.8) is 0 Å². The Bertz CT molecular complexity index is 779. The van der Waals surface area contributed by atoms with E-state index in [0.29, 0.717) is 35.2 Å². The number of anilines is 1. The zero-order valence-electron chi connectivity index (χ0n) is 14.6. The number of carbonyl (C=O) groups excluding carboxylic acids is 1. The molecule has 2 amide bonds. The van der Waals surface area contributed by atoms with Crippen molar-refractivity contribution in [2.75, 3.05) is 26.1 Å². The zero-order valence-corrected chi connectivity index (χ0v) is 15.4. The average molecular weight is 378 g/mol. The van der Waals surface area contributed by atoms with E-state index < -0.39 is 6.03 Å². The Morgan fingerprint density at radius 2 is 1.81 bits per heavy atom. The number of hydrogen-bond donors (Lipinski definition) is 4. The second-order valence-corrected chi connectivity index (χ2v) is 5.80. The van der Waals surface area contributed by atoms with Gasteiger partial charge in [0, 0.05) is 17.1 Å². The Hall–Kier alpha value is -2.93. The van der Waals surface area contributed by atoms with Gasteiger partial charge >= 0.3 is 12.0 Å². The highest BCUT2D eigenvalue weighted by Gasteiger charge is 2.09. The van der Waals surface area contributed by atoms with Crippen LogP contribution in [0.1, 0.15) is 5.56 Å². The Balaban J connectivity index is 1.84. The van der Waals surface area contributed by atoms with Crippen molar-refractivity contribution >= 4 is 29.3 Å². The van der Waals surface area contributed by atoms with Crippen LogP contribution < -0.4 is 30.8 Å². The topological polar surface area (TPSA) is 99.6 Å². The van der Waals surface area contributed by atoms with E-state index in [9.17, 15) is 4.79 Å². The van der Waals surface area contributed by atoms with Gasteiger partial charge in [0.15, 0.2) is 11.5 Å². The van der Waals surface area contributed by atoms with Crippen LogP contribution in [0, 0.1) is 0 Å². The number of nitrogens with one attached hydrogen (secondary N) is 3. The summed E-state index contributed by atoms with van der Waals surface area (Å²) in [6.07, 6.45) is 0.696. The molecular formula is C18H22ClN4O3+. The Labute approximate surface area is 157 Å². The molecule has 0 aliphatic rings. The SMILES string of the molecule is COc1ccc(CC[NH+]=C(N)NC(=O)Nc2ccc(Cl)cc2)cc1OC. The minimum Gasteiger partial charge on any atom is -0.493 e. The van der Waals surface area contributed by atoms with E-state index in [0.717, 1.165) is 5.56 Å². The molecule has 0 atom stereocenters. The quantitative estimate of drug-likeness (QED) is 0.447. The monoisotopic (exact) mass is 377 g/mol. The molecule has 138 valence electrons. The summed E-state index contributed by atoms with van der Waals surface area (Å²) in [6.45, 7) is 0.544. The van der Waals surface area contributed by atoms with Crippen molar-refractivity contribution in [3.8, 4) is 11.5 Å². The van der Waals surface area contributed by atoms with E-state index in [4.69, 9.17) is 26.8 Å². The molecule has 0 spiro atoms. The molecule has 0 bridgehead atoms. The Morgan fingerprint density at radius 1 is 1.12 bits per heavy atom. The minimum absolute atomic E-state index is 0.164. The number of carbonyl (C=O) groups is 1. The summed E-state index contributed by atoms with van der Waals surface area (Å²) < 4.78 is 10.5. The smallest absolute Gasteiger partial charge is 0.384 e. The number of rotatable bonds is 6. The van der Waals surface area contributed by atoms with Gasteiger partial charge in [0.1, 0.15) is 0 Å². The van der Waals surface area contributed by atoms with Gasteiger partial charge in [-0.15, -0.1) is 0 Å². The molecule has 2 aromatic carbocycles. The molecule has 2 aromatic rings. The molecule has 26 heavy (non-hydrogen) atoms. The van der Waals surface area contributed by atoms with Crippen LogP contribution in [0.5, 0.6) is 11.5 Å². The lowest BCUT2D eigenvalue weighted by Crippen LogP contribution is -2.79. The number of ether oxygens (including phenoxy) is 2. The second kappa shape index (κ2) is 9.53. The second-order valence-electron chi connectivity index (χ2n) is 5.37. The van der Waals surface area contributed by atoms with E-state index in [-0.39, 0.29) is 5.96 Å². The molecule has 0 saturated heterocycles. The highest BCUT2D eigenvalue weighted by Crippen LogP contribution is 2.27. The number of halogens is 1. The first kappa shape index (κ1) is 19.4. The maximum Gasteiger partial charge on any atom is 0.384 e. The molecule has 0 heterocycles. The highest BCUT2D eigenvalue weighted by molar-refractivity contribution is 6.30. The molecule has 0 saturated carbocycles. The molecule has 0 aromatic heterocycles. The maximum atomic E-state index is 11.9. The maximum absolute atomic E-state index is 11.9. The third kappa shape index (κ3) is 5.86. The summed E-state index contributed by atoms with van der Waals surface area (Å²) in [5, 5.41) is 5.78. The van der Waals surface area contributed by atoms with Gasteiger partial charge in [-0.05, 0) is 42.0 Å². The number of hydrogen-bond acceptors (Lipinski definition) is 3. The van der Waals surface area contributed by atoms with Gasteiger partial charge in [-0.2, -0.15) is 5.32 Å². The molecule has 7 nitrogen and oxygen atoms in total. The summed E-state index contributed by atoms with van der Waals surface area (Å²) in [6, 6.07) is 12.0. The van der Waals surface area contributed by atoms with Crippen molar-refractivity contribution < 1.29 is 19.3 Å². The van der Waals surface area contributed by atoms with E-state index in [1.807, 2.05) is 18.2 Å². The molecule has 0 radical (unpaired) electrons. The number of benzene rings is 2. The van der Waals surface area contributed by atoms with Gasteiger partial charge in [-0.1, -0.05) is 17.7 Å². The van der Waals surface area contributed by atoms with Crippen LogP contribution in [0.4, 0.5) is 10.5 Å². The molecule has 0 aliphatic carbocycles. The fourth-order valence-corrected chi connectivity index (χ4v) is 2.37. The van der Waals surface area contributed by atoms with Crippen molar-refractivity contribution in [2.45, 2.75) is 6.42 Å². The number of methoxy groups -OCH3 is 2. The number of amides is 2. The molecule has 8 heteroatoms. The van der Waals surface area contributed by atoms with Crippen LogP contribution in [0.25, 0.3) is 0 Å². The first-order valence-corrected chi connectivity index (χ1v) is 8.30. The van der Waals surface area contributed by atoms with Crippen LogP contribution >= 0.6 is 11.6 Å². The van der Waals surface area contributed by atoms with Crippen molar-refractivity contribution in [1.82, 2.24) is 5.32 Å². The van der Waals surface area contributed by atoms with E-state index in [1.165, 1.54) is 0 Å². The molecule has 0 unspecified atom stereocenters. The predicted molar refractivity (Wildman–Crippen MR) is 102 cm³/mol. The molecule has 2 rings (SSSR count). The number of nitrogens with two attached hydrogens (primary N) is 1. The number of urea groups is 1. The van der Waals surface area contributed by atoms with Gasteiger partial charge in [0.25, 0.3) is 0 Å². The Morgan fingerprint density at radius 3 is 2.46 bits per heavy atom. The zero-order chi connectivity index (χ0) is 18.9. The molecular weight excluding hydrogens is 356 g/mol. The van der Waals surface area contributed by atoms with Gasteiger partial charge in [-0.25, -0.2) is 4.79 Å². The minimum atomic E-state index is -0.441. The van der Waals surface area contributed by atoms with Crippen LogP contribution in [0.15, 0.2) is 42.5 Å². The summed E-state index contributed by atoms with van der Waals surface area (Å²) in [7, 11) is 3.18. The first-order valence-electron chi connectivity index (χ1n) is 7.92. The standard InChI is InChI=1S/C18H21ClN4O3/c1-25-15-8-3-12(11-16(15)26-2)9-10-21-17(20)23-18(24)22-14-6-4-13(19)5-7-14/h3-8,11H,9-10H2,1-2H3,(H4,20,21,22,23,24)/p+1. The van der Waals surface area contributed by atoms with Gasteiger partial charge in [0.05, 0.1) is 20.8 Å². The third-order valence-corrected chi connectivity index (χ3v) is 3.78. The Kier molecular flexibility index (Phi) is 7.11. The van der Waals surface area contributed by atoms with Gasteiger partial charge in [-0.3, -0.25) is 16.0 Å². The fraction of sp³-hybridized carbons (Fsp3) is 0.222. The van der Waals surface area contributed by atoms with Crippen LogP contribution in [-0.2, 0) is 6.42 Å². The van der Waals surface area contributed by atoms with Gasteiger partial charge < -0.3 is 9.47 Å². The predicted octanol–water partition coefficient (Wildman–Crippen LogP) is 1.12. The van der Waals surface area contributed by atoms with Crippen LogP contribution in [0.3, 0.4) is 0 Å². The molecule has 5 N–H and O–H groups in total. The fourth-order valence-electron chi connectivity index (χ4n) is 2.24. The van der Waals surface area contributed by atoms with Crippen LogP contribution in [0.2, 0.25) is 5.02 Å². The van der Waals surface area contributed by atoms with Gasteiger partial charge in [0.2, 0.25) is 0 Å². The average Bonchev–Trinajstić information content (AvgIpc) is 2.63. The lowest BCUT2D eigenvalue weighted by molar-refractivity contribution is -0.459. The van der Waals surface area contributed by atoms with E-state index >= 15 is 0 Å². The largest absolute Gasteiger partial charge is 0.493 e. The highest BCUT2D eigenvalue weighted by atomic mass is 35.5. The molecule has 0 fully saturated rings. The van der Waals surface area contributed by atoms with Crippen molar-refractivity contribution in [3.05, 3.63) is 53.1 Å². The van der Waals surface area contributed by atoms with E-state index in [1.54, 1.807) is 38.5 Å². The van der Waals surface area contributed by atoms with Crippen molar-refractivity contribution in [2.24, 2.45) is 5.73 Å². The van der Waals surface area contributed by atoms with E-state index in [2.05, 4.69) is 15.6 Å². The first-order chi connectivity index (χ1) is 12.5. The lowest BCUT2D eigenvalue weighted by Gasteiger charge is -2.08. The van der Waals surface area contributed by atoms with Crippen LogP contribution in [-0.4, -0.2) is 32.8 Å². The lowest BCUT2D eigenvalue weighted by atomic mass is 10.1. The third-order valence-electron chi connectivity index (χ3n) is 3.53. The summed E-state index contributed by atoms with van der Waals surface area (Å²) in [4.78, 5) is 14.8. The summed E-state index contributed by atoms with van der Waals surface area (Å²) in [5.74, 6) is 1.51. The summed E-state index contributed by atoms with van der Waals surface area (Å²) >= 11 is 5.80. The number of guanidine groups is 1. The van der Waals surface area contributed by atoms with Crippen molar-refractivity contribution in [1.29, 1.82) is 0 Å². The normalized spacial score (nSPS) is 11.0. The summed E-state index contributed by atoms with van der Waals surface area (Å²) in [5.41, 5.74) is 7.45. The molecule has 0 aliphatic heterocycles.